The molecule has 0 aromatic heterocycles. The van der Waals surface area contributed by atoms with E-state index in [1.165, 1.54) is 0 Å². The Hall–Kier alpha value is -0.650. The van der Waals surface area contributed by atoms with Crippen LogP contribution in [-0.2, 0) is 9.53 Å². The first-order valence-corrected chi connectivity index (χ1v) is 7.24. The lowest BCUT2D eigenvalue weighted by molar-refractivity contribution is -0.129. The molecule has 1 heterocycles. The molecule has 0 aromatic rings. The highest BCUT2D eigenvalue weighted by molar-refractivity contribution is 5.75. The highest BCUT2D eigenvalue weighted by Crippen LogP contribution is 2.13. The number of ether oxygens (including phenoxy) is 1. The second-order valence-corrected chi connectivity index (χ2v) is 5.43. The smallest absolute Gasteiger partial charge is 0.223 e. The van der Waals surface area contributed by atoms with Crippen LogP contribution in [0, 0.1) is 0 Å². The van der Waals surface area contributed by atoms with E-state index in [1.54, 1.807) is 12.0 Å². The van der Waals surface area contributed by atoms with E-state index in [0.29, 0.717) is 12.5 Å². The zero-order valence-electron chi connectivity index (χ0n) is 12.9. The van der Waals surface area contributed by atoms with Crippen LogP contribution in [0.25, 0.3) is 0 Å². The molecule has 0 bridgehead atoms. The second-order valence-electron chi connectivity index (χ2n) is 5.43. The number of rotatable bonds is 7. The summed E-state index contributed by atoms with van der Waals surface area (Å²) in [5.41, 5.74) is 0. The van der Waals surface area contributed by atoms with Crippen LogP contribution in [0.5, 0.6) is 0 Å². The van der Waals surface area contributed by atoms with Crippen molar-refractivity contribution in [1.29, 1.82) is 0 Å². The van der Waals surface area contributed by atoms with Gasteiger partial charge in [-0.15, -0.1) is 0 Å². The van der Waals surface area contributed by atoms with Crippen molar-refractivity contribution < 1.29 is 9.53 Å². The number of amides is 1. The number of hydrogen-bond acceptors (Lipinski definition) is 4. The van der Waals surface area contributed by atoms with Gasteiger partial charge in [-0.1, -0.05) is 6.92 Å². The standard InChI is InChI=1S/C14H29N3O2/c1-5-13-12-16(7-6-14(18)15(2)3)8-9-17(13)10-11-19-4/h13H,5-12H2,1-4H3/t13-/m1/s1. The van der Waals surface area contributed by atoms with Crippen molar-refractivity contribution in [2.45, 2.75) is 25.8 Å². The molecule has 19 heavy (non-hydrogen) atoms. The summed E-state index contributed by atoms with van der Waals surface area (Å²) < 4.78 is 5.16. The Labute approximate surface area is 117 Å². The van der Waals surface area contributed by atoms with Crippen LogP contribution in [0.3, 0.4) is 0 Å². The van der Waals surface area contributed by atoms with Gasteiger partial charge >= 0.3 is 0 Å². The summed E-state index contributed by atoms with van der Waals surface area (Å²) in [4.78, 5) is 18.2. The SMILES string of the molecule is CC[C@@H]1CN(CCC(=O)N(C)C)CCN1CCOC. The third-order valence-electron chi connectivity index (χ3n) is 3.88. The minimum atomic E-state index is 0.217. The van der Waals surface area contributed by atoms with Crippen LogP contribution >= 0.6 is 0 Å². The molecule has 1 aliphatic rings. The largest absolute Gasteiger partial charge is 0.383 e. The molecule has 0 radical (unpaired) electrons. The average Bonchev–Trinajstić information content (AvgIpc) is 2.42. The monoisotopic (exact) mass is 271 g/mol. The van der Waals surface area contributed by atoms with Gasteiger partial charge in [-0.3, -0.25) is 14.6 Å². The van der Waals surface area contributed by atoms with E-state index in [0.717, 1.165) is 45.8 Å². The van der Waals surface area contributed by atoms with Gasteiger partial charge in [0.05, 0.1) is 6.61 Å². The molecule has 0 N–H and O–H groups in total. The van der Waals surface area contributed by atoms with E-state index >= 15 is 0 Å². The molecular formula is C14H29N3O2. The molecule has 1 atom stereocenters. The van der Waals surface area contributed by atoms with E-state index < -0.39 is 0 Å². The summed E-state index contributed by atoms with van der Waals surface area (Å²) in [6.45, 7) is 8.14. The van der Waals surface area contributed by atoms with Gasteiger partial charge in [0.2, 0.25) is 5.91 Å². The fraction of sp³-hybridized carbons (Fsp3) is 0.929. The number of carbonyl (C=O) groups excluding carboxylic acids is 1. The number of nitrogens with zero attached hydrogens (tertiary/aromatic N) is 3. The van der Waals surface area contributed by atoms with E-state index in [2.05, 4.69) is 16.7 Å². The van der Waals surface area contributed by atoms with Crippen LogP contribution in [-0.4, -0.2) is 87.2 Å². The molecule has 1 fully saturated rings. The van der Waals surface area contributed by atoms with E-state index in [-0.39, 0.29) is 5.91 Å². The predicted octanol–water partition coefficient (Wildman–Crippen LogP) is 0.507. The molecule has 0 spiro atoms. The maximum absolute atomic E-state index is 11.6. The topological polar surface area (TPSA) is 36.0 Å². The molecular weight excluding hydrogens is 242 g/mol. The molecule has 0 saturated carbocycles. The van der Waals surface area contributed by atoms with Gasteiger partial charge in [0.15, 0.2) is 0 Å². The number of piperazine rings is 1. The van der Waals surface area contributed by atoms with Crippen molar-refractivity contribution in [2.24, 2.45) is 0 Å². The lowest BCUT2D eigenvalue weighted by atomic mass is 10.1. The summed E-state index contributed by atoms with van der Waals surface area (Å²) in [5, 5.41) is 0. The Kier molecular flexibility index (Phi) is 7.34. The summed E-state index contributed by atoms with van der Waals surface area (Å²) >= 11 is 0. The fourth-order valence-electron chi connectivity index (χ4n) is 2.53. The van der Waals surface area contributed by atoms with E-state index in [4.69, 9.17) is 4.74 Å². The van der Waals surface area contributed by atoms with Crippen LogP contribution in [0.2, 0.25) is 0 Å². The third-order valence-corrected chi connectivity index (χ3v) is 3.88. The molecule has 0 unspecified atom stereocenters. The van der Waals surface area contributed by atoms with Gasteiger partial charge in [-0.25, -0.2) is 0 Å². The molecule has 1 amide bonds. The van der Waals surface area contributed by atoms with E-state index in [9.17, 15) is 4.79 Å². The number of methoxy groups -OCH3 is 1. The van der Waals surface area contributed by atoms with Crippen LogP contribution in [0.4, 0.5) is 0 Å². The Morgan fingerprint density at radius 3 is 2.63 bits per heavy atom. The minimum Gasteiger partial charge on any atom is -0.383 e. The molecule has 5 nitrogen and oxygen atoms in total. The first kappa shape index (κ1) is 16.4. The van der Waals surface area contributed by atoms with Gasteiger partial charge in [0.1, 0.15) is 0 Å². The number of carbonyl (C=O) groups is 1. The highest BCUT2D eigenvalue weighted by atomic mass is 16.5. The predicted molar refractivity (Wildman–Crippen MR) is 77.3 cm³/mol. The van der Waals surface area contributed by atoms with Gasteiger partial charge < -0.3 is 9.64 Å². The molecule has 5 heteroatoms. The number of hydrogen-bond donors (Lipinski definition) is 0. The Morgan fingerprint density at radius 1 is 1.32 bits per heavy atom. The third kappa shape index (κ3) is 5.47. The van der Waals surface area contributed by atoms with Crippen LogP contribution in [0.1, 0.15) is 19.8 Å². The van der Waals surface area contributed by atoms with Crippen LogP contribution in [0.15, 0.2) is 0 Å². The van der Waals surface area contributed by atoms with Crippen LogP contribution < -0.4 is 0 Å². The summed E-state index contributed by atoms with van der Waals surface area (Å²) in [7, 11) is 5.39. The Bertz CT molecular complexity index is 271. The zero-order valence-corrected chi connectivity index (χ0v) is 12.9. The van der Waals surface area contributed by atoms with Crippen molar-refractivity contribution in [3.05, 3.63) is 0 Å². The second kappa shape index (κ2) is 8.51. The first-order chi connectivity index (χ1) is 9.08. The fourth-order valence-corrected chi connectivity index (χ4v) is 2.53. The van der Waals surface area contributed by atoms with Crippen molar-refractivity contribution in [2.75, 3.05) is 60.5 Å². The Balaban J connectivity index is 2.35. The van der Waals surface area contributed by atoms with Gasteiger partial charge in [-0.2, -0.15) is 0 Å². The first-order valence-electron chi connectivity index (χ1n) is 7.24. The molecule has 1 aliphatic heterocycles. The zero-order chi connectivity index (χ0) is 14.3. The van der Waals surface area contributed by atoms with E-state index in [1.807, 2.05) is 14.1 Å². The summed E-state index contributed by atoms with van der Waals surface area (Å²) in [6, 6.07) is 0.596. The lowest BCUT2D eigenvalue weighted by Gasteiger charge is -2.41. The molecule has 1 rings (SSSR count). The molecule has 0 aliphatic carbocycles. The van der Waals surface area contributed by atoms with Crippen molar-refractivity contribution in [1.82, 2.24) is 14.7 Å². The normalized spacial score (nSPS) is 21.6. The molecule has 112 valence electrons. The molecule has 1 saturated heterocycles. The maximum atomic E-state index is 11.6. The van der Waals surface area contributed by atoms with Gasteiger partial charge in [-0.05, 0) is 6.42 Å². The molecule has 0 aromatic carbocycles. The van der Waals surface area contributed by atoms with Gasteiger partial charge in [0.25, 0.3) is 0 Å². The summed E-state index contributed by atoms with van der Waals surface area (Å²) in [5.74, 6) is 0.217. The van der Waals surface area contributed by atoms with Crippen molar-refractivity contribution in [3.8, 4) is 0 Å². The van der Waals surface area contributed by atoms with Crippen molar-refractivity contribution >= 4 is 5.91 Å². The quantitative estimate of drug-likeness (QED) is 0.676. The Morgan fingerprint density at radius 2 is 2.05 bits per heavy atom. The summed E-state index contributed by atoms with van der Waals surface area (Å²) in [6.07, 6.45) is 1.78. The average molecular weight is 271 g/mol. The van der Waals surface area contributed by atoms with Crippen molar-refractivity contribution in [3.63, 3.8) is 0 Å². The maximum Gasteiger partial charge on any atom is 0.223 e. The van der Waals surface area contributed by atoms with Gasteiger partial charge in [0, 0.05) is 66.4 Å². The minimum absolute atomic E-state index is 0.217. The highest BCUT2D eigenvalue weighted by Gasteiger charge is 2.25. The lowest BCUT2D eigenvalue weighted by Crippen LogP contribution is -2.54.